The summed E-state index contributed by atoms with van der Waals surface area (Å²) in [5.41, 5.74) is 1.56. The van der Waals surface area contributed by atoms with E-state index in [9.17, 15) is 16.8 Å². The third-order valence-electron chi connectivity index (χ3n) is 3.00. The summed E-state index contributed by atoms with van der Waals surface area (Å²) in [6, 6.07) is 12.1. The highest BCUT2D eigenvalue weighted by atomic mass is 32.2. The Hall–Kier alpha value is -1.90. The molecule has 0 bridgehead atoms. The molecule has 2 aromatic carbocycles. The van der Waals surface area contributed by atoms with Gasteiger partial charge in [0.25, 0.3) is 10.1 Å². The number of hydrogen-bond acceptors (Lipinski definition) is 5. The van der Waals surface area contributed by atoms with Gasteiger partial charge in [-0.05, 0) is 42.0 Å². The van der Waals surface area contributed by atoms with Crippen LogP contribution in [0, 0.1) is 0 Å². The molecule has 6 nitrogen and oxygen atoms in total. The molecule has 8 heteroatoms. The van der Waals surface area contributed by atoms with Gasteiger partial charge in [0.15, 0.2) is 9.84 Å². The van der Waals surface area contributed by atoms with Crippen molar-refractivity contribution in [1.82, 2.24) is 0 Å². The van der Waals surface area contributed by atoms with E-state index in [2.05, 4.69) is 5.32 Å². The second kappa shape index (κ2) is 6.07. The molecule has 0 aliphatic rings. The quantitative estimate of drug-likeness (QED) is 0.806. The smallest absolute Gasteiger partial charge is 0.294 e. The highest BCUT2D eigenvalue weighted by molar-refractivity contribution is 7.90. The number of benzene rings is 2. The molecule has 0 unspecified atom stereocenters. The van der Waals surface area contributed by atoms with Gasteiger partial charge in [0.2, 0.25) is 0 Å². The minimum atomic E-state index is -4.19. The van der Waals surface area contributed by atoms with Crippen molar-refractivity contribution in [2.45, 2.75) is 16.3 Å². The fraction of sp³-hybridized carbons (Fsp3) is 0.143. The fourth-order valence-electron chi connectivity index (χ4n) is 1.80. The summed E-state index contributed by atoms with van der Waals surface area (Å²) in [7, 11) is -7.40. The van der Waals surface area contributed by atoms with E-state index in [0.717, 1.165) is 11.8 Å². The van der Waals surface area contributed by atoms with Crippen LogP contribution >= 0.6 is 0 Å². The van der Waals surface area contributed by atoms with E-state index >= 15 is 0 Å². The second-order valence-electron chi connectivity index (χ2n) is 4.77. The Bertz CT molecular complexity index is 779. The van der Waals surface area contributed by atoms with Crippen LogP contribution in [0.15, 0.2) is 58.3 Å². The van der Waals surface area contributed by atoms with Gasteiger partial charge in [0, 0.05) is 18.5 Å². The number of sulfone groups is 1. The molecule has 0 radical (unpaired) electrons. The van der Waals surface area contributed by atoms with Crippen LogP contribution in [0.5, 0.6) is 0 Å². The molecular formula is C14H15NO5S2. The summed E-state index contributed by atoms with van der Waals surface area (Å²) in [6.07, 6.45) is 1.15. The molecule has 2 aromatic rings. The predicted octanol–water partition coefficient (Wildman–Crippen LogP) is 1.95. The number of rotatable bonds is 5. The lowest BCUT2D eigenvalue weighted by Gasteiger charge is -2.07. The Labute approximate surface area is 129 Å². The van der Waals surface area contributed by atoms with E-state index < -0.39 is 20.0 Å². The van der Waals surface area contributed by atoms with Gasteiger partial charge in [0.05, 0.1) is 9.79 Å². The molecule has 0 heterocycles. The molecule has 0 aliphatic carbocycles. The highest BCUT2D eigenvalue weighted by Crippen LogP contribution is 2.15. The van der Waals surface area contributed by atoms with Crippen LogP contribution in [-0.2, 0) is 26.5 Å². The average molecular weight is 341 g/mol. The Morgan fingerprint density at radius 3 is 1.82 bits per heavy atom. The fourth-order valence-corrected chi connectivity index (χ4v) is 2.91. The number of nitrogens with one attached hydrogen (secondary N) is 1. The maximum absolute atomic E-state index is 11.4. The highest BCUT2D eigenvalue weighted by Gasteiger charge is 2.08. The number of hydrogen-bond donors (Lipinski definition) is 2. The van der Waals surface area contributed by atoms with E-state index in [1.54, 1.807) is 12.1 Å². The molecule has 0 fully saturated rings. The summed E-state index contributed by atoms with van der Waals surface area (Å²) in [6.45, 7) is 0.454. The van der Waals surface area contributed by atoms with E-state index in [1.165, 1.54) is 36.4 Å². The summed E-state index contributed by atoms with van der Waals surface area (Å²) in [5.74, 6) is 0. The van der Waals surface area contributed by atoms with Crippen LogP contribution in [0.2, 0.25) is 0 Å². The van der Waals surface area contributed by atoms with Crippen molar-refractivity contribution >= 4 is 25.6 Å². The lowest BCUT2D eigenvalue weighted by Crippen LogP contribution is -2.02. The Balaban J connectivity index is 2.04. The molecule has 0 saturated carbocycles. The van der Waals surface area contributed by atoms with Crippen LogP contribution in [0.25, 0.3) is 0 Å². The molecule has 0 amide bonds. The van der Waals surface area contributed by atoms with E-state index in [1.807, 2.05) is 0 Å². The molecule has 0 atom stereocenters. The van der Waals surface area contributed by atoms with Crippen molar-refractivity contribution in [3.63, 3.8) is 0 Å². The van der Waals surface area contributed by atoms with Crippen LogP contribution in [0.1, 0.15) is 5.56 Å². The van der Waals surface area contributed by atoms with Gasteiger partial charge in [-0.2, -0.15) is 8.42 Å². The summed E-state index contributed by atoms with van der Waals surface area (Å²) >= 11 is 0. The first-order valence-electron chi connectivity index (χ1n) is 6.27. The standard InChI is InChI=1S/C14H15NO5S2/c1-21(16,17)13-6-2-11(3-7-13)10-15-12-4-8-14(9-5-12)22(18,19)20/h2-9,15H,10H2,1H3,(H,18,19,20). The van der Waals surface area contributed by atoms with Crippen molar-refractivity contribution < 1.29 is 21.4 Å². The molecule has 118 valence electrons. The molecule has 0 spiro atoms. The first kappa shape index (κ1) is 16.5. The zero-order chi connectivity index (χ0) is 16.4. The van der Waals surface area contributed by atoms with Gasteiger partial charge in [-0.25, -0.2) is 8.42 Å². The molecule has 0 aliphatic heterocycles. The van der Waals surface area contributed by atoms with Crippen molar-refractivity contribution in [3.05, 3.63) is 54.1 Å². The Morgan fingerprint density at radius 1 is 0.864 bits per heavy atom. The topological polar surface area (TPSA) is 101 Å². The zero-order valence-corrected chi connectivity index (χ0v) is 13.4. The minimum absolute atomic E-state index is 0.171. The summed E-state index contributed by atoms with van der Waals surface area (Å²) < 4.78 is 53.4. The molecule has 0 saturated heterocycles. The van der Waals surface area contributed by atoms with Crippen LogP contribution in [0.3, 0.4) is 0 Å². The molecule has 2 rings (SSSR count). The first-order chi connectivity index (χ1) is 10.2. The van der Waals surface area contributed by atoms with Crippen molar-refractivity contribution in [3.8, 4) is 0 Å². The zero-order valence-electron chi connectivity index (χ0n) is 11.7. The van der Waals surface area contributed by atoms with Gasteiger partial charge in [0.1, 0.15) is 0 Å². The minimum Gasteiger partial charge on any atom is -0.381 e. The predicted molar refractivity (Wildman–Crippen MR) is 83.1 cm³/mol. The maximum Gasteiger partial charge on any atom is 0.294 e. The first-order valence-corrected chi connectivity index (χ1v) is 9.60. The van der Waals surface area contributed by atoms with Crippen molar-refractivity contribution in [2.75, 3.05) is 11.6 Å². The van der Waals surface area contributed by atoms with Crippen molar-refractivity contribution in [1.29, 1.82) is 0 Å². The average Bonchev–Trinajstić information content (AvgIpc) is 2.44. The molecule has 22 heavy (non-hydrogen) atoms. The van der Waals surface area contributed by atoms with Gasteiger partial charge >= 0.3 is 0 Å². The van der Waals surface area contributed by atoms with Crippen molar-refractivity contribution in [2.24, 2.45) is 0 Å². The van der Waals surface area contributed by atoms with E-state index in [-0.39, 0.29) is 9.79 Å². The van der Waals surface area contributed by atoms with Gasteiger partial charge < -0.3 is 5.32 Å². The Kier molecular flexibility index (Phi) is 4.55. The maximum atomic E-state index is 11.4. The number of anilines is 1. The van der Waals surface area contributed by atoms with Gasteiger partial charge in [-0.3, -0.25) is 4.55 Å². The van der Waals surface area contributed by atoms with Crippen LogP contribution in [-0.4, -0.2) is 27.6 Å². The Morgan fingerprint density at radius 2 is 1.36 bits per heavy atom. The van der Waals surface area contributed by atoms with Gasteiger partial charge in [-0.15, -0.1) is 0 Å². The van der Waals surface area contributed by atoms with E-state index in [4.69, 9.17) is 4.55 Å². The van der Waals surface area contributed by atoms with Crippen LogP contribution < -0.4 is 5.32 Å². The second-order valence-corrected chi connectivity index (χ2v) is 8.21. The molecular weight excluding hydrogens is 326 g/mol. The summed E-state index contributed by atoms with van der Waals surface area (Å²) in [5, 5.41) is 3.07. The third kappa shape index (κ3) is 4.30. The lowest BCUT2D eigenvalue weighted by molar-refractivity contribution is 0.483. The largest absolute Gasteiger partial charge is 0.381 e. The normalized spacial score (nSPS) is 12.1. The molecule has 2 N–H and O–H groups in total. The monoisotopic (exact) mass is 341 g/mol. The molecule has 0 aromatic heterocycles. The lowest BCUT2D eigenvalue weighted by atomic mass is 10.2. The van der Waals surface area contributed by atoms with Gasteiger partial charge in [-0.1, -0.05) is 12.1 Å². The third-order valence-corrected chi connectivity index (χ3v) is 5.00. The van der Waals surface area contributed by atoms with Crippen LogP contribution in [0.4, 0.5) is 5.69 Å². The SMILES string of the molecule is CS(=O)(=O)c1ccc(CNc2ccc(S(=O)(=O)O)cc2)cc1. The van der Waals surface area contributed by atoms with E-state index in [0.29, 0.717) is 12.2 Å². The summed E-state index contributed by atoms with van der Waals surface area (Å²) in [4.78, 5) is 0.0873.